The molecular weight excluding hydrogens is 399 g/mol. The Hall–Kier alpha value is -3.01. The fourth-order valence-corrected chi connectivity index (χ4v) is 3.39. The lowest BCUT2D eigenvalue weighted by Crippen LogP contribution is -2.47. The van der Waals surface area contributed by atoms with Gasteiger partial charge in [-0.2, -0.15) is 0 Å². The number of aliphatic imine (C=N–C) groups is 1. The zero-order valence-corrected chi connectivity index (χ0v) is 17.9. The smallest absolute Gasteiger partial charge is 0.257 e. The van der Waals surface area contributed by atoms with Gasteiger partial charge >= 0.3 is 0 Å². The van der Waals surface area contributed by atoms with Gasteiger partial charge in [-0.15, -0.1) is 0 Å². The van der Waals surface area contributed by atoms with E-state index < -0.39 is 0 Å². The van der Waals surface area contributed by atoms with Gasteiger partial charge in [-0.3, -0.25) is 10.1 Å². The van der Waals surface area contributed by atoms with Gasteiger partial charge in [-0.05, 0) is 48.9 Å². The second-order valence-electron chi connectivity index (χ2n) is 7.62. The molecule has 5 N–H and O–H groups in total. The highest BCUT2D eigenvalue weighted by Crippen LogP contribution is 2.27. The number of benzene rings is 2. The number of amides is 1. The molecule has 0 bridgehead atoms. The van der Waals surface area contributed by atoms with Crippen molar-refractivity contribution in [2.75, 3.05) is 26.5 Å². The molecule has 1 amide bonds. The van der Waals surface area contributed by atoms with Crippen molar-refractivity contribution in [2.45, 2.75) is 31.6 Å². The van der Waals surface area contributed by atoms with Crippen LogP contribution in [0.5, 0.6) is 0 Å². The number of nitrogens with zero attached hydrogens (tertiary/aromatic N) is 2. The minimum absolute atomic E-state index is 0.00945. The minimum atomic E-state index is -0.292. The third-order valence-corrected chi connectivity index (χ3v) is 5.01. The Balaban J connectivity index is 1.76. The van der Waals surface area contributed by atoms with E-state index in [9.17, 15) is 9.18 Å². The van der Waals surface area contributed by atoms with E-state index in [1.807, 2.05) is 19.0 Å². The van der Waals surface area contributed by atoms with E-state index in [1.54, 1.807) is 43.5 Å². The van der Waals surface area contributed by atoms with Gasteiger partial charge in [0, 0.05) is 43.9 Å². The molecule has 0 radical (unpaired) electrons. The molecule has 1 heterocycles. The summed E-state index contributed by atoms with van der Waals surface area (Å²) in [4.78, 5) is 17.4. The van der Waals surface area contributed by atoms with Gasteiger partial charge in [0.2, 0.25) is 0 Å². The molecule has 3 atom stereocenters. The van der Waals surface area contributed by atoms with Crippen molar-refractivity contribution in [3.63, 3.8) is 0 Å². The molecule has 0 aromatic heterocycles. The van der Waals surface area contributed by atoms with Crippen molar-refractivity contribution >= 4 is 17.6 Å². The number of hydrazine groups is 1. The van der Waals surface area contributed by atoms with Crippen LogP contribution in [0.25, 0.3) is 0 Å². The number of guanidine groups is 1. The first-order valence-electron chi connectivity index (χ1n) is 10.1. The summed E-state index contributed by atoms with van der Waals surface area (Å²) in [6.45, 7) is 2.39. The monoisotopic (exact) mass is 428 g/mol. The molecule has 3 rings (SSSR count). The number of nitrogens with one attached hydrogen (secondary N) is 3. The van der Waals surface area contributed by atoms with Gasteiger partial charge in [-0.25, -0.2) is 19.8 Å². The molecule has 1 aliphatic heterocycles. The third kappa shape index (κ3) is 6.24. The predicted molar refractivity (Wildman–Crippen MR) is 119 cm³/mol. The molecule has 2 aromatic carbocycles. The summed E-state index contributed by atoms with van der Waals surface area (Å²) in [6, 6.07) is 13.0. The normalized spacial score (nSPS) is 20.5. The Labute approximate surface area is 181 Å². The largest absolute Gasteiger partial charge is 0.399 e. The van der Waals surface area contributed by atoms with E-state index in [0.29, 0.717) is 30.2 Å². The third-order valence-electron chi connectivity index (χ3n) is 5.01. The standard InChI is InChI=1S/C22H29FN6O2/c1-14(13-31-3)25-22(27-21(30)16-6-10-18(24)11-7-16)26-20-12-19(28-29(20)2)15-4-8-17(23)9-5-15/h4-11,14,19-20,28H,12-13,24H2,1-3H3,(H2,25,26,27,30). The lowest BCUT2D eigenvalue weighted by molar-refractivity contribution is 0.0974. The lowest BCUT2D eigenvalue weighted by atomic mass is 10.0. The lowest BCUT2D eigenvalue weighted by Gasteiger charge is -2.20. The Morgan fingerprint density at radius 3 is 2.61 bits per heavy atom. The van der Waals surface area contributed by atoms with Crippen LogP contribution in [-0.4, -0.2) is 49.8 Å². The first-order chi connectivity index (χ1) is 14.9. The number of anilines is 1. The second kappa shape index (κ2) is 10.3. The Morgan fingerprint density at radius 1 is 1.29 bits per heavy atom. The van der Waals surface area contributed by atoms with Gasteiger partial charge in [-0.1, -0.05) is 12.1 Å². The number of halogens is 1. The highest BCUT2D eigenvalue weighted by molar-refractivity contribution is 6.05. The van der Waals surface area contributed by atoms with Crippen molar-refractivity contribution in [1.29, 1.82) is 0 Å². The van der Waals surface area contributed by atoms with Crippen molar-refractivity contribution in [3.05, 3.63) is 65.5 Å². The molecule has 9 heteroatoms. The zero-order valence-electron chi connectivity index (χ0n) is 17.9. The van der Waals surface area contributed by atoms with Gasteiger partial charge in [0.05, 0.1) is 6.61 Å². The number of hydrogen-bond donors (Lipinski definition) is 4. The minimum Gasteiger partial charge on any atom is -0.399 e. The van der Waals surface area contributed by atoms with E-state index in [1.165, 1.54) is 12.1 Å². The van der Waals surface area contributed by atoms with Crippen molar-refractivity contribution in [3.8, 4) is 0 Å². The van der Waals surface area contributed by atoms with Crippen LogP contribution in [0.3, 0.4) is 0 Å². The van der Waals surface area contributed by atoms with Crippen LogP contribution >= 0.6 is 0 Å². The fraction of sp³-hybridized carbons (Fsp3) is 0.364. The molecule has 1 fully saturated rings. The number of nitrogens with two attached hydrogens (primary N) is 1. The number of nitrogen functional groups attached to an aromatic ring is 1. The SMILES string of the molecule is COCC(C)NC(=NC1CC(c2ccc(F)cc2)NN1C)NC(=O)c1ccc(N)cc1. The van der Waals surface area contributed by atoms with Crippen molar-refractivity contribution in [2.24, 2.45) is 4.99 Å². The summed E-state index contributed by atoms with van der Waals surface area (Å²) in [5.74, 6) is -0.210. The predicted octanol–water partition coefficient (Wildman–Crippen LogP) is 2.03. The maximum Gasteiger partial charge on any atom is 0.257 e. The highest BCUT2D eigenvalue weighted by atomic mass is 19.1. The van der Waals surface area contributed by atoms with Crippen LogP contribution < -0.4 is 21.8 Å². The van der Waals surface area contributed by atoms with Gasteiger partial charge in [0.1, 0.15) is 12.0 Å². The Morgan fingerprint density at radius 2 is 1.97 bits per heavy atom. The Kier molecular flexibility index (Phi) is 7.56. The molecule has 0 aliphatic carbocycles. The van der Waals surface area contributed by atoms with E-state index in [2.05, 4.69) is 16.1 Å². The van der Waals surface area contributed by atoms with E-state index >= 15 is 0 Å². The van der Waals surface area contributed by atoms with E-state index in [0.717, 1.165) is 5.56 Å². The van der Waals surface area contributed by atoms with Gasteiger partial charge in [0.15, 0.2) is 5.96 Å². The van der Waals surface area contributed by atoms with Crippen LogP contribution in [-0.2, 0) is 4.74 Å². The summed E-state index contributed by atoms with van der Waals surface area (Å²) in [5.41, 5.74) is 11.1. The quantitative estimate of drug-likeness (QED) is 0.319. The molecule has 0 saturated carbocycles. The number of ether oxygens (including phenoxy) is 1. The van der Waals surface area contributed by atoms with Crippen LogP contribution in [0.15, 0.2) is 53.5 Å². The number of methoxy groups -OCH3 is 1. The number of carbonyl (C=O) groups excluding carboxylic acids is 1. The number of rotatable bonds is 6. The van der Waals surface area contributed by atoms with Gasteiger partial charge < -0.3 is 15.8 Å². The van der Waals surface area contributed by atoms with Crippen LogP contribution in [0.1, 0.15) is 35.3 Å². The summed E-state index contributed by atoms with van der Waals surface area (Å²) in [5, 5.41) is 7.94. The highest BCUT2D eigenvalue weighted by Gasteiger charge is 2.30. The molecule has 1 saturated heterocycles. The molecule has 0 spiro atoms. The molecule has 3 unspecified atom stereocenters. The summed E-state index contributed by atoms with van der Waals surface area (Å²) < 4.78 is 18.4. The Bertz CT molecular complexity index is 903. The number of carbonyl (C=O) groups is 1. The van der Waals surface area contributed by atoms with E-state index in [-0.39, 0.29) is 30.0 Å². The summed E-state index contributed by atoms with van der Waals surface area (Å²) in [6.07, 6.45) is 0.419. The molecule has 1 aliphatic rings. The van der Waals surface area contributed by atoms with Crippen LogP contribution in [0, 0.1) is 5.82 Å². The molecule has 31 heavy (non-hydrogen) atoms. The average Bonchev–Trinajstić information content (AvgIpc) is 3.09. The molecular formula is C22H29FN6O2. The first-order valence-corrected chi connectivity index (χ1v) is 10.1. The maximum atomic E-state index is 13.2. The maximum absolute atomic E-state index is 13.2. The van der Waals surface area contributed by atoms with Crippen LogP contribution in [0.2, 0.25) is 0 Å². The zero-order chi connectivity index (χ0) is 22.4. The topological polar surface area (TPSA) is 104 Å². The van der Waals surface area contributed by atoms with Crippen molar-refractivity contribution < 1.29 is 13.9 Å². The molecule has 8 nitrogen and oxygen atoms in total. The van der Waals surface area contributed by atoms with Gasteiger partial charge in [0.25, 0.3) is 5.91 Å². The van der Waals surface area contributed by atoms with Crippen molar-refractivity contribution in [1.82, 2.24) is 21.1 Å². The first kappa shape index (κ1) is 22.7. The van der Waals surface area contributed by atoms with E-state index in [4.69, 9.17) is 15.5 Å². The molecule has 166 valence electrons. The van der Waals surface area contributed by atoms with Crippen LogP contribution in [0.4, 0.5) is 10.1 Å². The fourth-order valence-electron chi connectivity index (χ4n) is 3.39. The number of hydrogen-bond acceptors (Lipinski definition) is 6. The average molecular weight is 429 g/mol. The molecule has 2 aromatic rings. The second-order valence-corrected chi connectivity index (χ2v) is 7.62. The summed E-state index contributed by atoms with van der Waals surface area (Å²) in [7, 11) is 3.50. The summed E-state index contributed by atoms with van der Waals surface area (Å²) >= 11 is 0.